The normalized spacial score (nSPS) is 10.3. The Kier molecular flexibility index (Phi) is 6.77. The average molecular weight is 277 g/mol. The summed E-state index contributed by atoms with van der Waals surface area (Å²) in [5.74, 6) is -0.777. The van der Waals surface area contributed by atoms with Gasteiger partial charge in [-0.2, -0.15) is 0 Å². The molecule has 0 aliphatic heterocycles. The van der Waals surface area contributed by atoms with Crippen LogP contribution in [0.25, 0.3) is 0 Å². The lowest BCUT2D eigenvalue weighted by atomic mass is 10.1. The summed E-state index contributed by atoms with van der Waals surface area (Å²) in [5.41, 5.74) is 2.86. The zero-order valence-electron chi connectivity index (χ0n) is 12.2. The molecule has 0 unspecified atom stereocenters. The summed E-state index contributed by atoms with van der Waals surface area (Å²) in [4.78, 5) is 22.3. The third-order valence-corrected chi connectivity index (χ3v) is 3.23. The minimum absolute atomic E-state index is 0.0342. The summed E-state index contributed by atoms with van der Waals surface area (Å²) in [6.45, 7) is 4.58. The van der Waals surface area contributed by atoms with Gasteiger partial charge in [-0.1, -0.05) is 30.5 Å². The SMILES string of the molecule is Cc1ccc(C(=O)NCCCCCCC(=O)O)c(C)c1. The van der Waals surface area contributed by atoms with Crippen molar-refractivity contribution in [3.63, 3.8) is 0 Å². The summed E-state index contributed by atoms with van der Waals surface area (Å²) in [5, 5.41) is 11.4. The maximum Gasteiger partial charge on any atom is 0.303 e. The number of rotatable bonds is 8. The van der Waals surface area contributed by atoms with Crippen LogP contribution in [0.2, 0.25) is 0 Å². The molecule has 1 aromatic rings. The monoisotopic (exact) mass is 277 g/mol. The zero-order valence-corrected chi connectivity index (χ0v) is 12.2. The van der Waals surface area contributed by atoms with Gasteiger partial charge in [-0.05, 0) is 38.3 Å². The van der Waals surface area contributed by atoms with E-state index in [1.807, 2.05) is 32.0 Å². The number of carbonyl (C=O) groups excluding carboxylic acids is 1. The second-order valence-electron chi connectivity index (χ2n) is 5.13. The van der Waals surface area contributed by atoms with Crippen LogP contribution < -0.4 is 5.32 Å². The number of nitrogens with one attached hydrogen (secondary N) is 1. The van der Waals surface area contributed by atoms with Crippen LogP contribution in [0.15, 0.2) is 18.2 Å². The molecule has 4 heteroatoms. The van der Waals surface area contributed by atoms with E-state index in [1.165, 1.54) is 0 Å². The second kappa shape index (κ2) is 8.35. The lowest BCUT2D eigenvalue weighted by Crippen LogP contribution is -2.25. The van der Waals surface area contributed by atoms with Gasteiger partial charge in [0.1, 0.15) is 0 Å². The maximum atomic E-state index is 12.0. The van der Waals surface area contributed by atoms with E-state index in [0.29, 0.717) is 13.0 Å². The highest BCUT2D eigenvalue weighted by Crippen LogP contribution is 2.10. The number of hydrogen-bond donors (Lipinski definition) is 2. The standard InChI is InChI=1S/C16H23NO3/c1-12-8-9-14(13(2)11-12)16(20)17-10-6-4-3-5-7-15(18)19/h8-9,11H,3-7,10H2,1-2H3,(H,17,20)(H,18,19). The minimum Gasteiger partial charge on any atom is -0.481 e. The average Bonchev–Trinajstić information content (AvgIpc) is 2.37. The fraction of sp³-hybridized carbons (Fsp3) is 0.500. The first kappa shape index (κ1) is 16.2. The van der Waals surface area contributed by atoms with Crippen molar-refractivity contribution in [1.82, 2.24) is 5.32 Å². The molecule has 1 amide bonds. The summed E-state index contributed by atoms with van der Waals surface area (Å²) >= 11 is 0. The van der Waals surface area contributed by atoms with Crippen LogP contribution in [0.1, 0.15) is 53.6 Å². The van der Waals surface area contributed by atoms with Gasteiger partial charge >= 0.3 is 5.97 Å². The highest BCUT2D eigenvalue weighted by Gasteiger charge is 2.07. The molecule has 1 aromatic carbocycles. The molecule has 1 rings (SSSR count). The molecule has 0 aliphatic carbocycles. The first-order valence-corrected chi connectivity index (χ1v) is 7.08. The van der Waals surface area contributed by atoms with E-state index < -0.39 is 5.97 Å². The number of amides is 1. The van der Waals surface area contributed by atoms with Crippen LogP contribution in [-0.2, 0) is 4.79 Å². The van der Waals surface area contributed by atoms with Gasteiger partial charge in [-0.25, -0.2) is 0 Å². The Morgan fingerprint density at radius 1 is 1.10 bits per heavy atom. The molecule has 0 aromatic heterocycles. The number of aliphatic carboxylic acids is 1. The molecule has 0 spiro atoms. The Labute approximate surface area is 120 Å². The molecule has 4 nitrogen and oxygen atoms in total. The Hall–Kier alpha value is -1.84. The summed E-state index contributed by atoms with van der Waals surface area (Å²) in [6, 6.07) is 5.79. The lowest BCUT2D eigenvalue weighted by Gasteiger charge is -2.08. The maximum absolute atomic E-state index is 12.0. The minimum atomic E-state index is -0.742. The van der Waals surface area contributed by atoms with Gasteiger partial charge in [0, 0.05) is 18.5 Å². The molecule has 0 fully saturated rings. The first-order chi connectivity index (χ1) is 9.50. The highest BCUT2D eigenvalue weighted by atomic mass is 16.4. The van der Waals surface area contributed by atoms with Crippen molar-refractivity contribution in [2.45, 2.75) is 46.0 Å². The van der Waals surface area contributed by atoms with Crippen LogP contribution in [-0.4, -0.2) is 23.5 Å². The first-order valence-electron chi connectivity index (χ1n) is 7.08. The van der Waals surface area contributed by atoms with E-state index in [-0.39, 0.29) is 12.3 Å². The third-order valence-electron chi connectivity index (χ3n) is 3.23. The molecule has 20 heavy (non-hydrogen) atoms. The number of carboxylic acid groups (broad SMARTS) is 1. The van der Waals surface area contributed by atoms with Crippen molar-refractivity contribution in [3.8, 4) is 0 Å². The van der Waals surface area contributed by atoms with Crippen molar-refractivity contribution in [2.24, 2.45) is 0 Å². The molecule has 110 valence electrons. The van der Waals surface area contributed by atoms with Gasteiger partial charge in [0.05, 0.1) is 0 Å². The van der Waals surface area contributed by atoms with Gasteiger partial charge in [0.2, 0.25) is 0 Å². The predicted octanol–water partition coefficient (Wildman–Crippen LogP) is 3.07. The van der Waals surface area contributed by atoms with E-state index >= 15 is 0 Å². The van der Waals surface area contributed by atoms with Gasteiger partial charge in [0.15, 0.2) is 0 Å². The van der Waals surface area contributed by atoms with Gasteiger partial charge < -0.3 is 10.4 Å². The van der Waals surface area contributed by atoms with E-state index in [2.05, 4.69) is 5.32 Å². The number of carboxylic acids is 1. The van der Waals surface area contributed by atoms with E-state index in [0.717, 1.165) is 36.0 Å². The summed E-state index contributed by atoms with van der Waals surface area (Å²) in [7, 11) is 0. The largest absolute Gasteiger partial charge is 0.481 e. The Morgan fingerprint density at radius 3 is 2.45 bits per heavy atom. The van der Waals surface area contributed by atoms with Crippen molar-refractivity contribution in [3.05, 3.63) is 34.9 Å². The highest BCUT2D eigenvalue weighted by molar-refractivity contribution is 5.95. The number of benzene rings is 1. The summed E-state index contributed by atoms with van der Waals surface area (Å²) < 4.78 is 0. The van der Waals surface area contributed by atoms with Gasteiger partial charge in [-0.3, -0.25) is 9.59 Å². The van der Waals surface area contributed by atoms with Crippen molar-refractivity contribution in [2.75, 3.05) is 6.54 Å². The number of carbonyl (C=O) groups is 2. The molecule has 0 aliphatic rings. The molecule has 0 bridgehead atoms. The third kappa shape index (κ3) is 5.87. The lowest BCUT2D eigenvalue weighted by molar-refractivity contribution is -0.137. The Morgan fingerprint density at radius 2 is 1.80 bits per heavy atom. The van der Waals surface area contributed by atoms with Crippen LogP contribution in [0.4, 0.5) is 0 Å². The van der Waals surface area contributed by atoms with Crippen molar-refractivity contribution < 1.29 is 14.7 Å². The fourth-order valence-electron chi connectivity index (χ4n) is 2.12. The van der Waals surface area contributed by atoms with Gasteiger partial charge in [-0.15, -0.1) is 0 Å². The Balaban J connectivity index is 2.22. The molecular weight excluding hydrogens is 254 g/mol. The van der Waals surface area contributed by atoms with E-state index in [1.54, 1.807) is 0 Å². The quantitative estimate of drug-likeness (QED) is 0.718. The van der Waals surface area contributed by atoms with Crippen molar-refractivity contribution in [1.29, 1.82) is 0 Å². The zero-order chi connectivity index (χ0) is 15.0. The smallest absolute Gasteiger partial charge is 0.303 e. The number of hydrogen-bond acceptors (Lipinski definition) is 2. The Bertz CT molecular complexity index is 469. The number of unbranched alkanes of at least 4 members (excludes halogenated alkanes) is 3. The topological polar surface area (TPSA) is 66.4 Å². The van der Waals surface area contributed by atoms with Crippen LogP contribution >= 0.6 is 0 Å². The van der Waals surface area contributed by atoms with Crippen LogP contribution in [0.3, 0.4) is 0 Å². The molecule has 0 saturated carbocycles. The molecule has 0 saturated heterocycles. The molecular formula is C16H23NO3. The molecule has 2 N–H and O–H groups in total. The van der Waals surface area contributed by atoms with Gasteiger partial charge in [0.25, 0.3) is 5.91 Å². The summed E-state index contributed by atoms with van der Waals surface area (Å²) in [6.07, 6.45) is 3.66. The molecule has 0 radical (unpaired) electrons. The fourth-order valence-corrected chi connectivity index (χ4v) is 2.12. The van der Waals surface area contributed by atoms with Crippen LogP contribution in [0, 0.1) is 13.8 Å². The molecule has 0 heterocycles. The second-order valence-corrected chi connectivity index (χ2v) is 5.13. The predicted molar refractivity (Wildman–Crippen MR) is 79.0 cm³/mol. The van der Waals surface area contributed by atoms with Crippen LogP contribution in [0.5, 0.6) is 0 Å². The van der Waals surface area contributed by atoms with E-state index in [9.17, 15) is 9.59 Å². The molecule has 0 atom stereocenters. The van der Waals surface area contributed by atoms with Crippen molar-refractivity contribution >= 4 is 11.9 Å². The van der Waals surface area contributed by atoms with E-state index in [4.69, 9.17) is 5.11 Å². The number of aryl methyl sites for hydroxylation is 2.